The SMILES string of the molecule is CC1CCC(NC(=O)COC(=O)c2ccccc2NS(=O)(=O)c2cccc([N+](=O)[O-])c2)CC1. The molecule has 0 heterocycles. The van der Waals surface area contributed by atoms with Crippen molar-refractivity contribution in [3.63, 3.8) is 0 Å². The van der Waals surface area contributed by atoms with Gasteiger partial charge in [-0.1, -0.05) is 25.1 Å². The van der Waals surface area contributed by atoms with Gasteiger partial charge in [0.25, 0.3) is 21.6 Å². The Bertz CT molecular complexity index is 1140. The van der Waals surface area contributed by atoms with Crippen LogP contribution in [0.15, 0.2) is 53.4 Å². The summed E-state index contributed by atoms with van der Waals surface area (Å²) in [6.45, 7) is 1.68. The summed E-state index contributed by atoms with van der Waals surface area (Å²) < 4.78 is 32.8. The van der Waals surface area contributed by atoms with Crippen LogP contribution in [0.2, 0.25) is 0 Å². The number of amides is 1. The minimum absolute atomic E-state index is 0.0569. The molecule has 0 bridgehead atoms. The number of anilines is 1. The van der Waals surface area contributed by atoms with Crippen LogP contribution in [0.5, 0.6) is 0 Å². The number of nitrogens with one attached hydrogen (secondary N) is 2. The van der Waals surface area contributed by atoms with Crippen molar-refractivity contribution in [3.05, 3.63) is 64.2 Å². The van der Waals surface area contributed by atoms with Crippen LogP contribution in [0.25, 0.3) is 0 Å². The third-order valence-electron chi connectivity index (χ3n) is 5.45. The predicted octanol–water partition coefficient (Wildman–Crippen LogP) is 3.25. The number of nitro groups is 1. The number of non-ortho nitro benzene ring substituents is 1. The molecule has 33 heavy (non-hydrogen) atoms. The Labute approximate surface area is 191 Å². The molecule has 1 saturated carbocycles. The summed E-state index contributed by atoms with van der Waals surface area (Å²) in [5, 5.41) is 13.8. The Balaban J connectivity index is 1.66. The third kappa shape index (κ3) is 6.51. The summed E-state index contributed by atoms with van der Waals surface area (Å²) in [7, 11) is -4.22. The van der Waals surface area contributed by atoms with Gasteiger partial charge >= 0.3 is 5.97 Å². The average molecular weight is 476 g/mol. The minimum Gasteiger partial charge on any atom is -0.452 e. The standard InChI is InChI=1S/C22H25N3O7S/c1-15-9-11-16(12-10-15)23-21(26)14-32-22(27)19-7-2-3-8-20(19)24-33(30,31)18-6-4-5-17(13-18)25(28)29/h2-8,13,15-16,24H,9-12,14H2,1H3,(H,23,26). The quantitative estimate of drug-likeness (QED) is 0.339. The zero-order valence-electron chi connectivity index (χ0n) is 18.0. The molecule has 0 unspecified atom stereocenters. The van der Waals surface area contributed by atoms with Crippen LogP contribution in [0, 0.1) is 16.0 Å². The summed E-state index contributed by atoms with van der Waals surface area (Å²) in [4.78, 5) is 34.6. The van der Waals surface area contributed by atoms with E-state index < -0.39 is 33.4 Å². The Morgan fingerprint density at radius 2 is 1.79 bits per heavy atom. The predicted molar refractivity (Wildman–Crippen MR) is 120 cm³/mol. The third-order valence-corrected chi connectivity index (χ3v) is 6.81. The molecule has 0 atom stereocenters. The average Bonchev–Trinajstić information content (AvgIpc) is 2.79. The lowest BCUT2D eigenvalue weighted by atomic mass is 9.87. The van der Waals surface area contributed by atoms with Crippen LogP contribution in [0.1, 0.15) is 43.0 Å². The number of hydrogen-bond donors (Lipinski definition) is 2. The summed E-state index contributed by atoms with van der Waals surface area (Å²) in [5.74, 6) is -0.657. The number of benzene rings is 2. The molecule has 0 spiro atoms. The summed E-state index contributed by atoms with van der Waals surface area (Å²) in [6, 6.07) is 10.3. The zero-order chi connectivity index (χ0) is 24.0. The molecule has 1 aliphatic carbocycles. The van der Waals surface area contributed by atoms with Crippen LogP contribution in [0.4, 0.5) is 11.4 Å². The Morgan fingerprint density at radius 3 is 2.48 bits per heavy atom. The van der Waals surface area contributed by atoms with Gasteiger partial charge in [-0.15, -0.1) is 0 Å². The van der Waals surface area contributed by atoms with Crippen molar-refractivity contribution in [2.45, 2.75) is 43.5 Å². The van der Waals surface area contributed by atoms with Crippen LogP contribution >= 0.6 is 0 Å². The first-order chi connectivity index (χ1) is 15.7. The molecule has 1 amide bonds. The van der Waals surface area contributed by atoms with Gasteiger partial charge in [0.1, 0.15) is 0 Å². The number of hydrogen-bond acceptors (Lipinski definition) is 7. The molecule has 0 aliphatic heterocycles. The van der Waals surface area contributed by atoms with Gasteiger partial charge < -0.3 is 10.1 Å². The fraction of sp³-hybridized carbons (Fsp3) is 0.364. The van der Waals surface area contributed by atoms with E-state index in [1.165, 1.54) is 42.5 Å². The molecule has 176 valence electrons. The van der Waals surface area contributed by atoms with Crippen molar-refractivity contribution >= 4 is 33.3 Å². The maximum Gasteiger partial charge on any atom is 0.340 e. The van der Waals surface area contributed by atoms with Crippen molar-refractivity contribution < 1.29 is 27.7 Å². The lowest BCUT2D eigenvalue weighted by molar-refractivity contribution is -0.385. The molecule has 1 fully saturated rings. The van der Waals surface area contributed by atoms with E-state index in [0.29, 0.717) is 5.92 Å². The first-order valence-corrected chi connectivity index (χ1v) is 12.0. The molecule has 0 radical (unpaired) electrons. The highest BCUT2D eigenvalue weighted by Crippen LogP contribution is 2.24. The molecule has 2 aromatic rings. The highest BCUT2D eigenvalue weighted by molar-refractivity contribution is 7.92. The van der Waals surface area contributed by atoms with Crippen molar-refractivity contribution in [1.29, 1.82) is 0 Å². The van der Waals surface area contributed by atoms with E-state index in [1.807, 2.05) is 0 Å². The Kier molecular flexibility index (Phi) is 7.64. The van der Waals surface area contributed by atoms with Gasteiger partial charge in [-0.25, -0.2) is 13.2 Å². The maximum atomic E-state index is 12.7. The molecule has 0 aromatic heterocycles. The van der Waals surface area contributed by atoms with Crippen LogP contribution in [0.3, 0.4) is 0 Å². The maximum absolute atomic E-state index is 12.7. The molecular weight excluding hydrogens is 450 g/mol. The number of para-hydroxylation sites is 1. The molecule has 0 saturated heterocycles. The molecule has 2 N–H and O–H groups in total. The summed E-state index contributed by atoms with van der Waals surface area (Å²) in [6.07, 6.45) is 3.82. The van der Waals surface area contributed by atoms with Gasteiger partial charge in [0, 0.05) is 18.2 Å². The van der Waals surface area contributed by atoms with Crippen molar-refractivity contribution in [2.24, 2.45) is 5.92 Å². The van der Waals surface area contributed by atoms with E-state index in [2.05, 4.69) is 17.0 Å². The zero-order valence-corrected chi connectivity index (χ0v) is 18.8. The fourth-order valence-corrected chi connectivity index (χ4v) is 4.72. The molecule has 3 rings (SSSR count). The number of sulfonamides is 1. The van der Waals surface area contributed by atoms with Crippen molar-refractivity contribution in [2.75, 3.05) is 11.3 Å². The monoisotopic (exact) mass is 475 g/mol. The smallest absolute Gasteiger partial charge is 0.340 e. The number of esters is 1. The number of carbonyl (C=O) groups is 2. The number of carbonyl (C=O) groups excluding carboxylic acids is 2. The van der Waals surface area contributed by atoms with Crippen LogP contribution < -0.4 is 10.0 Å². The van der Waals surface area contributed by atoms with Gasteiger partial charge in [-0.3, -0.25) is 19.6 Å². The van der Waals surface area contributed by atoms with E-state index in [9.17, 15) is 28.1 Å². The van der Waals surface area contributed by atoms with Crippen LogP contribution in [-0.2, 0) is 19.6 Å². The Hall–Kier alpha value is -3.47. The highest BCUT2D eigenvalue weighted by Gasteiger charge is 2.23. The van der Waals surface area contributed by atoms with E-state index >= 15 is 0 Å². The number of nitro benzene ring substituents is 1. The van der Waals surface area contributed by atoms with Crippen molar-refractivity contribution in [3.8, 4) is 0 Å². The molecule has 2 aromatic carbocycles. The van der Waals surface area contributed by atoms with E-state index in [1.54, 1.807) is 0 Å². The molecular formula is C22H25N3O7S. The van der Waals surface area contributed by atoms with E-state index in [4.69, 9.17) is 4.74 Å². The highest BCUT2D eigenvalue weighted by atomic mass is 32.2. The molecule has 11 heteroatoms. The van der Waals surface area contributed by atoms with Gasteiger partial charge in [-0.2, -0.15) is 0 Å². The number of ether oxygens (including phenoxy) is 1. The summed E-state index contributed by atoms with van der Waals surface area (Å²) >= 11 is 0. The fourth-order valence-electron chi connectivity index (χ4n) is 3.60. The molecule has 1 aliphatic rings. The van der Waals surface area contributed by atoms with E-state index in [0.717, 1.165) is 31.7 Å². The first kappa shape index (κ1) is 24.2. The van der Waals surface area contributed by atoms with E-state index in [-0.39, 0.29) is 27.9 Å². The summed E-state index contributed by atoms with van der Waals surface area (Å²) in [5.41, 5.74) is -0.550. The van der Waals surface area contributed by atoms with Crippen molar-refractivity contribution in [1.82, 2.24) is 5.32 Å². The normalized spacial score (nSPS) is 18.2. The second-order valence-corrected chi connectivity index (χ2v) is 9.69. The topological polar surface area (TPSA) is 145 Å². The Morgan fingerprint density at radius 1 is 1.09 bits per heavy atom. The van der Waals surface area contributed by atoms with Gasteiger partial charge in [0.15, 0.2) is 6.61 Å². The molecule has 10 nitrogen and oxygen atoms in total. The lowest BCUT2D eigenvalue weighted by Gasteiger charge is -2.26. The largest absolute Gasteiger partial charge is 0.452 e. The minimum atomic E-state index is -4.22. The van der Waals surface area contributed by atoms with Gasteiger partial charge in [-0.05, 0) is 49.8 Å². The second-order valence-electron chi connectivity index (χ2n) is 8.01. The first-order valence-electron chi connectivity index (χ1n) is 10.5. The number of nitrogens with zero attached hydrogens (tertiary/aromatic N) is 1. The van der Waals surface area contributed by atoms with Crippen LogP contribution in [-0.4, -0.2) is 37.9 Å². The van der Waals surface area contributed by atoms with Gasteiger partial charge in [0.05, 0.1) is 21.1 Å². The lowest BCUT2D eigenvalue weighted by Crippen LogP contribution is -2.39. The van der Waals surface area contributed by atoms with Gasteiger partial charge in [0.2, 0.25) is 0 Å². The number of rotatable bonds is 8. The second kappa shape index (κ2) is 10.4.